The van der Waals surface area contributed by atoms with Gasteiger partial charge in [0, 0.05) is 6.08 Å². The van der Waals surface area contributed by atoms with E-state index in [0.29, 0.717) is 6.61 Å². The topological polar surface area (TPSA) is 26.3 Å². The fourth-order valence-corrected chi connectivity index (χ4v) is 1.80. The van der Waals surface area contributed by atoms with Crippen LogP contribution in [0.15, 0.2) is 47.1 Å². The Bertz CT molecular complexity index is 419. The second-order valence-electron chi connectivity index (χ2n) is 5.53. The first kappa shape index (κ1) is 19.4. The number of esters is 1. The van der Waals surface area contributed by atoms with Crippen LogP contribution < -0.4 is 0 Å². The molecule has 0 saturated carbocycles. The third-order valence-electron chi connectivity index (χ3n) is 3.02. The van der Waals surface area contributed by atoms with E-state index in [1.165, 1.54) is 22.8 Å². The van der Waals surface area contributed by atoms with Crippen LogP contribution in [0.25, 0.3) is 0 Å². The quantitative estimate of drug-likeness (QED) is 0.242. The van der Waals surface area contributed by atoms with Gasteiger partial charge in [0.25, 0.3) is 0 Å². The van der Waals surface area contributed by atoms with E-state index in [2.05, 4.69) is 39.8 Å². The molecule has 118 valence electrons. The van der Waals surface area contributed by atoms with E-state index < -0.39 is 0 Å². The highest BCUT2D eigenvalue weighted by molar-refractivity contribution is 5.82. The number of allylic oxidation sites excluding steroid dienone is 7. The molecule has 0 unspecified atom stereocenters. The van der Waals surface area contributed by atoms with E-state index in [0.717, 1.165) is 25.7 Å². The molecule has 0 radical (unpaired) electrons. The minimum absolute atomic E-state index is 0.281. The van der Waals surface area contributed by atoms with Crippen molar-refractivity contribution in [1.82, 2.24) is 0 Å². The van der Waals surface area contributed by atoms with Crippen LogP contribution in [0, 0.1) is 0 Å². The number of hydrogen-bond acceptors (Lipinski definition) is 2. The van der Waals surface area contributed by atoms with Crippen molar-refractivity contribution in [3.05, 3.63) is 47.1 Å². The molecule has 0 aromatic heterocycles. The number of hydrogen-bond donors (Lipinski definition) is 0. The van der Waals surface area contributed by atoms with Crippen molar-refractivity contribution < 1.29 is 9.53 Å². The normalized spacial score (nSPS) is 12.6. The summed E-state index contributed by atoms with van der Waals surface area (Å²) in [6.07, 6.45) is 14.1. The lowest BCUT2D eigenvalue weighted by atomic mass is 10.1. The number of ether oxygens (including phenoxy) is 1. The highest BCUT2D eigenvalue weighted by Crippen LogP contribution is 2.11. The predicted molar refractivity (Wildman–Crippen MR) is 91.2 cm³/mol. The Kier molecular flexibility index (Phi) is 11.3. The molecule has 0 rings (SSSR count). The molecule has 0 spiro atoms. The van der Waals surface area contributed by atoms with Gasteiger partial charge in [-0.3, -0.25) is 0 Å². The molecule has 0 bridgehead atoms. The van der Waals surface area contributed by atoms with Gasteiger partial charge in [-0.2, -0.15) is 0 Å². The first-order valence-corrected chi connectivity index (χ1v) is 7.75. The summed E-state index contributed by atoms with van der Waals surface area (Å²) in [5, 5.41) is 0. The third kappa shape index (κ3) is 13.2. The van der Waals surface area contributed by atoms with Gasteiger partial charge in [0.1, 0.15) is 0 Å². The van der Waals surface area contributed by atoms with Crippen LogP contribution >= 0.6 is 0 Å². The summed E-state index contributed by atoms with van der Waals surface area (Å²) in [4.78, 5) is 11.1. The van der Waals surface area contributed by atoms with Crippen molar-refractivity contribution in [3.8, 4) is 0 Å². The molecule has 0 fully saturated rings. The fourth-order valence-electron chi connectivity index (χ4n) is 1.80. The van der Waals surface area contributed by atoms with Gasteiger partial charge in [0.15, 0.2) is 0 Å². The minimum Gasteiger partial charge on any atom is -0.463 e. The Hall–Kier alpha value is -1.57. The van der Waals surface area contributed by atoms with E-state index in [1.807, 2.05) is 6.08 Å². The summed E-state index contributed by atoms with van der Waals surface area (Å²) in [5.41, 5.74) is 4.10. The largest absolute Gasteiger partial charge is 0.463 e. The SMILES string of the molecule is CCOC(=O)/C=C/C=C(\C)CC/C=C(/C)CCC=C(C)C. The zero-order valence-corrected chi connectivity index (χ0v) is 14.2. The Morgan fingerprint density at radius 1 is 0.952 bits per heavy atom. The average Bonchev–Trinajstić information content (AvgIpc) is 2.38. The monoisotopic (exact) mass is 290 g/mol. The average molecular weight is 290 g/mol. The van der Waals surface area contributed by atoms with Crippen molar-refractivity contribution in [2.24, 2.45) is 0 Å². The molecule has 2 nitrogen and oxygen atoms in total. The van der Waals surface area contributed by atoms with Gasteiger partial charge < -0.3 is 4.74 Å². The molecule has 0 aromatic carbocycles. The summed E-state index contributed by atoms with van der Waals surface area (Å²) in [6.45, 7) is 10.8. The number of rotatable bonds is 9. The van der Waals surface area contributed by atoms with Crippen LogP contribution in [0.2, 0.25) is 0 Å². The molecule has 0 aliphatic heterocycles. The fraction of sp³-hybridized carbons (Fsp3) is 0.526. The molecule has 0 atom stereocenters. The summed E-state index contributed by atoms with van der Waals surface area (Å²) in [6, 6.07) is 0. The Balaban J connectivity index is 4.04. The zero-order chi connectivity index (χ0) is 16.1. The van der Waals surface area contributed by atoms with Gasteiger partial charge in [0.2, 0.25) is 0 Å². The minimum atomic E-state index is -0.281. The Morgan fingerprint density at radius 2 is 1.57 bits per heavy atom. The van der Waals surface area contributed by atoms with Crippen LogP contribution in [-0.4, -0.2) is 12.6 Å². The molecule has 21 heavy (non-hydrogen) atoms. The second kappa shape index (κ2) is 12.2. The smallest absolute Gasteiger partial charge is 0.330 e. The maximum absolute atomic E-state index is 11.1. The highest BCUT2D eigenvalue weighted by Gasteiger charge is 1.93. The molecule has 0 aliphatic carbocycles. The Labute approximate surface area is 130 Å². The number of carbonyl (C=O) groups is 1. The van der Waals surface area contributed by atoms with Gasteiger partial charge in [-0.05, 0) is 60.3 Å². The lowest BCUT2D eigenvalue weighted by Gasteiger charge is -2.00. The third-order valence-corrected chi connectivity index (χ3v) is 3.02. The van der Waals surface area contributed by atoms with E-state index in [-0.39, 0.29) is 5.97 Å². The predicted octanol–water partition coefficient (Wildman–Crippen LogP) is 5.52. The number of carbonyl (C=O) groups excluding carboxylic acids is 1. The molecule has 0 N–H and O–H groups in total. The van der Waals surface area contributed by atoms with Gasteiger partial charge in [-0.15, -0.1) is 0 Å². The molecule has 0 aromatic rings. The molecule has 0 heterocycles. The van der Waals surface area contributed by atoms with Gasteiger partial charge in [-0.25, -0.2) is 4.79 Å². The van der Waals surface area contributed by atoms with Crippen LogP contribution in [0.5, 0.6) is 0 Å². The van der Waals surface area contributed by atoms with Crippen LogP contribution in [0.1, 0.15) is 60.3 Å². The van der Waals surface area contributed by atoms with Crippen LogP contribution in [0.3, 0.4) is 0 Å². The molecular formula is C19H30O2. The van der Waals surface area contributed by atoms with Crippen molar-refractivity contribution in [1.29, 1.82) is 0 Å². The molecule has 0 aliphatic rings. The first-order valence-electron chi connectivity index (χ1n) is 7.75. The molecular weight excluding hydrogens is 260 g/mol. The van der Waals surface area contributed by atoms with Gasteiger partial charge in [-0.1, -0.05) is 41.0 Å². The van der Waals surface area contributed by atoms with E-state index in [1.54, 1.807) is 13.0 Å². The van der Waals surface area contributed by atoms with E-state index in [9.17, 15) is 4.79 Å². The lowest BCUT2D eigenvalue weighted by Crippen LogP contribution is -1.98. The molecule has 0 saturated heterocycles. The zero-order valence-electron chi connectivity index (χ0n) is 14.2. The van der Waals surface area contributed by atoms with Gasteiger partial charge in [0.05, 0.1) is 6.61 Å². The van der Waals surface area contributed by atoms with Crippen molar-refractivity contribution >= 4 is 5.97 Å². The van der Waals surface area contributed by atoms with E-state index >= 15 is 0 Å². The molecule has 0 amide bonds. The summed E-state index contributed by atoms with van der Waals surface area (Å²) >= 11 is 0. The lowest BCUT2D eigenvalue weighted by molar-refractivity contribution is -0.137. The maximum atomic E-state index is 11.1. The maximum Gasteiger partial charge on any atom is 0.330 e. The summed E-state index contributed by atoms with van der Waals surface area (Å²) in [7, 11) is 0. The highest BCUT2D eigenvalue weighted by atomic mass is 16.5. The first-order chi connectivity index (χ1) is 9.95. The van der Waals surface area contributed by atoms with E-state index in [4.69, 9.17) is 4.74 Å². The Morgan fingerprint density at radius 3 is 2.19 bits per heavy atom. The standard InChI is InChI=1S/C19H30O2/c1-6-21-19(20)15-9-14-18(5)13-8-12-17(4)11-7-10-16(2)3/h9-10,12,14-15H,6-8,11,13H2,1-5H3/b15-9+,17-12-,18-14+. The van der Waals surface area contributed by atoms with Crippen molar-refractivity contribution in [3.63, 3.8) is 0 Å². The second-order valence-corrected chi connectivity index (χ2v) is 5.53. The van der Waals surface area contributed by atoms with Crippen molar-refractivity contribution in [2.75, 3.05) is 6.61 Å². The molecule has 2 heteroatoms. The summed E-state index contributed by atoms with van der Waals surface area (Å²) < 4.78 is 4.82. The van der Waals surface area contributed by atoms with Crippen molar-refractivity contribution in [2.45, 2.75) is 60.3 Å². The van der Waals surface area contributed by atoms with Gasteiger partial charge >= 0.3 is 5.97 Å². The summed E-state index contributed by atoms with van der Waals surface area (Å²) in [5.74, 6) is -0.281. The van der Waals surface area contributed by atoms with Crippen LogP contribution in [-0.2, 0) is 9.53 Å². The van der Waals surface area contributed by atoms with Crippen LogP contribution in [0.4, 0.5) is 0 Å².